The van der Waals surface area contributed by atoms with Gasteiger partial charge in [-0.3, -0.25) is 4.98 Å². The Labute approximate surface area is 235 Å². The van der Waals surface area contributed by atoms with Crippen molar-refractivity contribution in [3.63, 3.8) is 0 Å². The SMILES string of the molecule is C=Cc1cc(C(=O)O)ccc1OCc1ncccc1C.CCCN(C)CC.Cc1ccc(C(O)C(C)C)cc1. The molecule has 1 aromatic heterocycles. The summed E-state index contributed by atoms with van der Waals surface area (Å²) in [6.07, 6.45) is 4.23. The fraction of sp³-hybridized carbons (Fsp3) is 0.394. The summed E-state index contributed by atoms with van der Waals surface area (Å²) in [6.45, 7) is 18.8. The molecule has 3 rings (SSSR count). The number of aryl methyl sites for hydroxylation is 2. The standard InChI is InChI=1S/C16H15NO3.C11H16O.C6H15N/c1-3-12-9-13(16(18)19)6-7-15(12)20-10-14-11(2)5-4-8-17-14;1-8(2)11(12)10-6-4-9(3)5-7-10;1-4-6-7(3)5-2/h3-9H,1,10H2,2H3,(H,18,19);4-8,11-12H,1-3H3;4-6H2,1-3H3. The van der Waals surface area contributed by atoms with Crippen molar-refractivity contribution >= 4 is 12.0 Å². The molecule has 6 nitrogen and oxygen atoms in total. The van der Waals surface area contributed by atoms with E-state index in [1.165, 1.54) is 37.2 Å². The summed E-state index contributed by atoms with van der Waals surface area (Å²) >= 11 is 0. The van der Waals surface area contributed by atoms with Gasteiger partial charge in [0, 0.05) is 11.8 Å². The van der Waals surface area contributed by atoms with E-state index in [0.717, 1.165) is 16.8 Å². The minimum absolute atomic E-state index is 0.210. The van der Waals surface area contributed by atoms with E-state index in [-0.39, 0.29) is 17.6 Å². The molecule has 0 aliphatic heterocycles. The zero-order valence-electron chi connectivity index (χ0n) is 24.6. The third-order valence-corrected chi connectivity index (χ3v) is 6.15. The molecule has 3 aromatic rings. The Hall–Kier alpha value is -3.48. The second kappa shape index (κ2) is 17.9. The number of carbonyl (C=O) groups is 1. The van der Waals surface area contributed by atoms with E-state index in [4.69, 9.17) is 9.84 Å². The molecule has 0 radical (unpaired) electrons. The second-order valence-electron chi connectivity index (χ2n) is 9.81. The van der Waals surface area contributed by atoms with Gasteiger partial charge in [0.1, 0.15) is 12.4 Å². The van der Waals surface area contributed by atoms with Gasteiger partial charge in [0.15, 0.2) is 0 Å². The Kier molecular flexibility index (Phi) is 15.4. The van der Waals surface area contributed by atoms with E-state index in [9.17, 15) is 9.90 Å². The van der Waals surface area contributed by atoms with Crippen molar-refractivity contribution in [3.8, 4) is 5.75 Å². The van der Waals surface area contributed by atoms with Crippen LogP contribution in [0.1, 0.15) is 78.5 Å². The van der Waals surface area contributed by atoms with E-state index < -0.39 is 5.97 Å². The van der Waals surface area contributed by atoms with E-state index in [0.29, 0.717) is 17.9 Å². The lowest BCUT2D eigenvalue weighted by atomic mass is 9.98. The van der Waals surface area contributed by atoms with Crippen LogP contribution in [-0.4, -0.2) is 46.2 Å². The Balaban J connectivity index is 0.000000339. The second-order valence-corrected chi connectivity index (χ2v) is 9.81. The number of aromatic nitrogens is 1. The maximum absolute atomic E-state index is 10.9. The molecule has 1 unspecified atom stereocenters. The first kappa shape index (κ1) is 33.5. The van der Waals surface area contributed by atoms with Crippen molar-refractivity contribution in [1.82, 2.24) is 9.88 Å². The third-order valence-electron chi connectivity index (χ3n) is 6.15. The maximum Gasteiger partial charge on any atom is 0.335 e. The van der Waals surface area contributed by atoms with Crippen LogP contribution in [0.15, 0.2) is 67.4 Å². The first-order valence-corrected chi connectivity index (χ1v) is 13.5. The highest BCUT2D eigenvalue weighted by Gasteiger charge is 2.11. The molecule has 0 saturated carbocycles. The minimum Gasteiger partial charge on any atom is -0.487 e. The lowest BCUT2D eigenvalue weighted by Crippen LogP contribution is -2.17. The summed E-state index contributed by atoms with van der Waals surface area (Å²) in [6, 6.07) is 16.6. The number of hydrogen-bond donors (Lipinski definition) is 2. The molecule has 1 heterocycles. The largest absolute Gasteiger partial charge is 0.487 e. The molecule has 2 aromatic carbocycles. The predicted octanol–water partition coefficient (Wildman–Crippen LogP) is 7.34. The lowest BCUT2D eigenvalue weighted by Gasteiger charge is -2.14. The minimum atomic E-state index is -0.972. The molecule has 0 spiro atoms. The van der Waals surface area contributed by atoms with E-state index in [1.54, 1.807) is 18.3 Å². The Morgan fingerprint density at radius 3 is 2.26 bits per heavy atom. The van der Waals surface area contributed by atoms with Crippen LogP contribution in [0.2, 0.25) is 0 Å². The van der Waals surface area contributed by atoms with Gasteiger partial charge < -0.3 is 19.8 Å². The fourth-order valence-electron chi connectivity index (χ4n) is 3.48. The summed E-state index contributed by atoms with van der Waals surface area (Å²) in [5, 5.41) is 18.6. The molecule has 6 heteroatoms. The number of carboxylic acids is 1. The number of hydrogen-bond acceptors (Lipinski definition) is 5. The van der Waals surface area contributed by atoms with Gasteiger partial charge in [-0.1, -0.05) is 76.2 Å². The number of benzene rings is 2. The molecule has 0 aliphatic rings. The number of nitrogens with zero attached hydrogens (tertiary/aromatic N) is 2. The highest BCUT2D eigenvalue weighted by atomic mass is 16.5. The molecular weight excluding hydrogens is 488 g/mol. The average molecular weight is 535 g/mol. The van der Waals surface area contributed by atoms with Gasteiger partial charge in [0.2, 0.25) is 0 Å². The number of aliphatic hydroxyl groups excluding tert-OH is 1. The van der Waals surface area contributed by atoms with Crippen molar-refractivity contribution in [2.75, 3.05) is 20.1 Å². The number of ether oxygens (including phenoxy) is 1. The molecule has 0 fully saturated rings. The van der Waals surface area contributed by atoms with Gasteiger partial charge in [-0.25, -0.2) is 4.79 Å². The van der Waals surface area contributed by atoms with Crippen LogP contribution in [0.5, 0.6) is 5.75 Å². The zero-order valence-corrected chi connectivity index (χ0v) is 24.6. The van der Waals surface area contributed by atoms with Gasteiger partial charge in [0.05, 0.1) is 17.4 Å². The van der Waals surface area contributed by atoms with E-state index in [2.05, 4.69) is 37.4 Å². The molecule has 2 N–H and O–H groups in total. The molecular formula is C33H46N2O4. The average Bonchev–Trinajstić information content (AvgIpc) is 2.93. The molecule has 1 atom stereocenters. The highest BCUT2D eigenvalue weighted by Crippen LogP contribution is 2.23. The first-order valence-electron chi connectivity index (χ1n) is 13.5. The van der Waals surface area contributed by atoms with Crippen molar-refractivity contribution < 1.29 is 19.7 Å². The third kappa shape index (κ3) is 12.3. The molecule has 0 saturated heterocycles. The summed E-state index contributed by atoms with van der Waals surface area (Å²) in [5.74, 6) is -0.0945. The first-order chi connectivity index (χ1) is 18.5. The molecule has 212 valence electrons. The van der Waals surface area contributed by atoms with Crippen molar-refractivity contribution in [2.24, 2.45) is 5.92 Å². The summed E-state index contributed by atoms with van der Waals surface area (Å²) < 4.78 is 5.70. The summed E-state index contributed by atoms with van der Waals surface area (Å²) in [4.78, 5) is 17.5. The molecule has 39 heavy (non-hydrogen) atoms. The Bertz CT molecular complexity index is 1140. The van der Waals surface area contributed by atoms with Crippen LogP contribution in [0.25, 0.3) is 6.08 Å². The van der Waals surface area contributed by atoms with Crippen molar-refractivity contribution in [3.05, 3.63) is 101 Å². The Morgan fingerprint density at radius 2 is 1.77 bits per heavy atom. The van der Waals surface area contributed by atoms with Crippen LogP contribution in [-0.2, 0) is 6.61 Å². The smallest absolute Gasteiger partial charge is 0.335 e. The van der Waals surface area contributed by atoms with Gasteiger partial charge in [-0.15, -0.1) is 0 Å². The maximum atomic E-state index is 10.9. The molecule has 0 bridgehead atoms. The predicted molar refractivity (Wildman–Crippen MR) is 161 cm³/mol. The molecule has 0 amide bonds. The van der Waals surface area contributed by atoms with Gasteiger partial charge in [-0.2, -0.15) is 0 Å². The number of carboxylic acid groups (broad SMARTS) is 1. The van der Waals surface area contributed by atoms with E-state index >= 15 is 0 Å². The van der Waals surface area contributed by atoms with Crippen LogP contribution in [0, 0.1) is 19.8 Å². The zero-order chi connectivity index (χ0) is 29.4. The monoisotopic (exact) mass is 534 g/mol. The van der Waals surface area contributed by atoms with Gasteiger partial charge in [-0.05, 0) is 81.7 Å². The van der Waals surface area contributed by atoms with Crippen LogP contribution in [0.4, 0.5) is 0 Å². The van der Waals surface area contributed by atoms with Crippen molar-refractivity contribution in [1.29, 1.82) is 0 Å². The lowest BCUT2D eigenvalue weighted by molar-refractivity contribution is 0.0696. The van der Waals surface area contributed by atoms with Crippen LogP contribution in [0.3, 0.4) is 0 Å². The summed E-state index contributed by atoms with van der Waals surface area (Å²) in [5.41, 5.74) is 5.00. The van der Waals surface area contributed by atoms with Crippen LogP contribution < -0.4 is 4.74 Å². The van der Waals surface area contributed by atoms with E-state index in [1.807, 2.05) is 64.1 Å². The molecule has 0 aliphatic carbocycles. The van der Waals surface area contributed by atoms with Crippen molar-refractivity contribution in [2.45, 2.75) is 60.7 Å². The number of pyridine rings is 1. The fourth-order valence-corrected chi connectivity index (χ4v) is 3.48. The number of aromatic carboxylic acids is 1. The van der Waals surface area contributed by atoms with Gasteiger partial charge >= 0.3 is 5.97 Å². The van der Waals surface area contributed by atoms with Gasteiger partial charge in [0.25, 0.3) is 0 Å². The normalized spacial score (nSPS) is 11.1. The quantitative estimate of drug-likeness (QED) is 0.283. The topological polar surface area (TPSA) is 82.9 Å². The number of aliphatic hydroxyl groups is 1. The Morgan fingerprint density at radius 1 is 1.10 bits per heavy atom. The summed E-state index contributed by atoms with van der Waals surface area (Å²) in [7, 11) is 2.14. The highest BCUT2D eigenvalue weighted by molar-refractivity contribution is 5.88. The van der Waals surface area contributed by atoms with Crippen LogP contribution >= 0.6 is 0 Å². The number of rotatable bonds is 10.